The summed E-state index contributed by atoms with van der Waals surface area (Å²) in [6.07, 6.45) is 1.12. The smallest absolute Gasteiger partial charge is 0.0416 e. The van der Waals surface area contributed by atoms with Crippen LogP contribution in [0, 0.1) is 0 Å². The summed E-state index contributed by atoms with van der Waals surface area (Å²) < 4.78 is 0. The average Bonchev–Trinajstić information content (AvgIpc) is 2.98. The van der Waals surface area contributed by atoms with Crippen LogP contribution >= 0.6 is 11.3 Å². The molecule has 0 saturated heterocycles. The molecule has 0 spiro atoms. The number of thiophene rings is 1. The van der Waals surface area contributed by atoms with Crippen LogP contribution in [0.25, 0.3) is 0 Å². The summed E-state index contributed by atoms with van der Waals surface area (Å²) in [4.78, 5) is 1.43. The first kappa shape index (κ1) is 15.3. The van der Waals surface area contributed by atoms with Gasteiger partial charge in [0, 0.05) is 17.0 Å². The Labute approximate surface area is 127 Å². The topological polar surface area (TPSA) is 12.0 Å². The van der Waals surface area contributed by atoms with Crippen molar-refractivity contribution in [2.45, 2.75) is 52.1 Å². The van der Waals surface area contributed by atoms with Crippen molar-refractivity contribution in [1.29, 1.82) is 0 Å². The van der Waals surface area contributed by atoms with E-state index in [0.29, 0.717) is 18.0 Å². The Balaban J connectivity index is 2.05. The van der Waals surface area contributed by atoms with E-state index in [1.165, 1.54) is 16.0 Å². The van der Waals surface area contributed by atoms with Crippen molar-refractivity contribution in [2.75, 3.05) is 0 Å². The fraction of sp³-hybridized carbons (Fsp3) is 0.444. The van der Waals surface area contributed by atoms with Crippen LogP contribution in [0.5, 0.6) is 0 Å². The Kier molecular flexibility index (Phi) is 5.38. The third-order valence-electron chi connectivity index (χ3n) is 3.85. The average molecular weight is 287 g/mol. The quantitative estimate of drug-likeness (QED) is 0.721. The van der Waals surface area contributed by atoms with Crippen LogP contribution in [0.1, 0.15) is 68.1 Å². The van der Waals surface area contributed by atoms with Gasteiger partial charge >= 0.3 is 0 Å². The molecule has 0 bridgehead atoms. The highest BCUT2D eigenvalue weighted by Gasteiger charge is 2.14. The van der Waals surface area contributed by atoms with Crippen molar-refractivity contribution >= 4 is 11.3 Å². The highest BCUT2D eigenvalue weighted by Crippen LogP contribution is 2.26. The molecule has 0 saturated carbocycles. The minimum absolute atomic E-state index is 0.378. The fourth-order valence-corrected chi connectivity index (χ4v) is 3.33. The number of rotatable bonds is 6. The van der Waals surface area contributed by atoms with Gasteiger partial charge in [0.2, 0.25) is 0 Å². The molecule has 0 aliphatic heterocycles. The van der Waals surface area contributed by atoms with Gasteiger partial charge in [-0.25, -0.2) is 0 Å². The Hall–Kier alpha value is -1.12. The molecule has 2 unspecified atom stereocenters. The maximum absolute atomic E-state index is 3.74. The zero-order valence-corrected chi connectivity index (χ0v) is 13.7. The van der Waals surface area contributed by atoms with Gasteiger partial charge < -0.3 is 5.32 Å². The Bertz CT molecular complexity index is 499. The van der Waals surface area contributed by atoms with Gasteiger partial charge in [-0.15, -0.1) is 11.3 Å². The van der Waals surface area contributed by atoms with Crippen LogP contribution < -0.4 is 5.32 Å². The highest BCUT2D eigenvalue weighted by atomic mass is 32.1. The van der Waals surface area contributed by atoms with E-state index in [1.54, 1.807) is 0 Å². The van der Waals surface area contributed by atoms with Gasteiger partial charge in [0.05, 0.1) is 0 Å². The minimum Gasteiger partial charge on any atom is -0.303 e. The zero-order valence-electron chi connectivity index (χ0n) is 12.9. The third-order valence-corrected chi connectivity index (χ3v) is 4.84. The Morgan fingerprint density at radius 3 is 2.15 bits per heavy atom. The first-order valence-corrected chi connectivity index (χ1v) is 8.39. The summed E-state index contributed by atoms with van der Waals surface area (Å²) in [7, 11) is 0. The Morgan fingerprint density at radius 2 is 1.65 bits per heavy atom. The van der Waals surface area contributed by atoms with E-state index in [4.69, 9.17) is 0 Å². The lowest BCUT2D eigenvalue weighted by molar-refractivity contribution is 0.462. The van der Waals surface area contributed by atoms with E-state index in [0.717, 1.165) is 6.42 Å². The van der Waals surface area contributed by atoms with Crippen molar-refractivity contribution in [1.82, 2.24) is 5.32 Å². The van der Waals surface area contributed by atoms with E-state index in [9.17, 15) is 0 Å². The van der Waals surface area contributed by atoms with Crippen LogP contribution in [0.4, 0.5) is 0 Å². The summed E-state index contributed by atoms with van der Waals surface area (Å²) in [5.41, 5.74) is 2.77. The molecule has 0 aliphatic rings. The van der Waals surface area contributed by atoms with Crippen LogP contribution in [-0.2, 0) is 0 Å². The van der Waals surface area contributed by atoms with E-state index < -0.39 is 0 Å². The first-order valence-electron chi connectivity index (χ1n) is 7.51. The fourth-order valence-electron chi connectivity index (χ4n) is 2.46. The molecule has 0 radical (unpaired) electrons. The molecule has 1 nitrogen and oxygen atoms in total. The summed E-state index contributed by atoms with van der Waals surface area (Å²) in [6.45, 7) is 8.97. The summed E-state index contributed by atoms with van der Waals surface area (Å²) in [6, 6.07) is 14.2. The normalized spacial score (nSPS) is 14.4. The molecule has 1 heterocycles. The second-order valence-electron chi connectivity index (χ2n) is 5.69. The monoisotopic (exact) mass is 287 g/mol. The molecule has 0 fully saturated rings. The molecule has 20 heavy (non-hydrogen) atoms. The van der Waals surface area contributed by atoms with Gasteiger partial charge in [0.25, 0.3) is 0 Å². The molecule has 1 N–H and O–H groups in total. The van der Waals surface area contributed by atoms with Gasteiger partial charge in [-0.3, -0.25) is 0 Å². The van der Waals surface area contributed by atoms with Gasteiger partial charge in [-0.2, -0.15) is 0 Å². The molecule has 108 valence electrons. The summed E-state index contributed by atoms with van der Waals surface area (Å²) in [5.74, 6) is 0.599. The lowest BCUT2D eigenvalue weighted by atomic mass is 9.99. The third kappa shape index (κ3) is 3.71. The van der Waals surface area contributed by atoms with E-state index in [1.807, 2.05) is 11.3 Å². The lowest BCUT2D eigenvalue weighted by Gasteiger charge is -2.22. The number of benzene rings is 1. The van der Waals surface area contributed by atoms with Crippen LogP contribution in [0.3, 0.4) is 0 Å². The number of hydrogen-bond donors (Lipinski definition) is 1. The van der Waals surface area contributed by atoms with Gasteiger partial charge in [-0.1, -0.05) is 51.1 Å². The van der Waals surface area contributed by atoms with Gasteiger partial charge in [0.1, 0.15) is 0 Å². The summed E-state index contributed by atoms with van der Waals surface area (Å²) in [5, 5.41) is 5.90. The number of nitrogens with one attached hydrogen (secondary N) is 1. The molecule has 0 amide bonds. The van der Waals surface area contributed by atoms with Gasteiger partial charge in [0.15, 0.2) is 0 Å². The molecule has 2 atom stereocenters. The zero-order chi connectivity index (χ0) is 14.5. The molecule has 2 heteroatoms. The maximum Gasteiger partial charge on any atom is 0.0416 e. The highest BCUT2D eigenvalue weighted by molar-refractivity contribution is 7.10. The minimum atomic E-state index is 0.378. The molecular formula is C18H25NS. The van der Waals surface area contributed by atoms with E-state index >= 15 is 0 Å². The molecule has 1 aromatic carbocycles. The SMILES string of the molecule is CCC(NC(C)c1ccc(C(C)C)cc1)c1cccs1. The van der Waals surface area contributed by atoms with Gasteiger partial charge in [-0.05, 0) is 41.8 Å². The lowest BCUT2D eigenvalue weighted by Crippen LogP contribution is -2.23. The maximum atomic E-state index is 3.74. The van der Waals surface area contributed by atoms with Crippen LogP contribution in [0.15, 0.2) is 41.8 Å². The molecular weight excluding hydrogens is 262 g/mol. The van der Waals surface area contributed by atoms with Crippen molar-refractivity contribution in [3.8, 4) is 0 Å². The van der Waals surface area contributed by atoms with Crippen LogP contribution in [-0.4, -0.2) is 0 Å². The summed E-state index contributed by atoms with van der Waals surface area (Å²) >= 11 is 1.84. The molecule has 1 aromatic heterocycles. The first-order chi connectivity index (χ1) is 9.61. The largest absolute Gasteiger partial charge is 0.303 e. The standard InChI is InChI=1S/C18H25NS/c1-5-17(18-7-6-12-20-18)19-14(4)16-10-8-15(9-11-16)13(2)3/h6-14,17,19H,5H2,1-4H3. The second-order valence-corrected chi connectivity index (χ2v) is 6.67. The predicted octanol–water partition coefficient (Wildman–Crippen LogP) is 5.67. The van der Waals surface area contributed by atoms with Crippen LogP contribution in [0.2, 0.25) is 0 Å². The van der Waals surface area contributed by atoms with E-state index in [-0.39, 0.29) is 0 Å². The van der Waals surface area contributed by atoms with Crippen molar-refractivity contribution in [3.05, 3.63) is 57.8 Å². The second kappa shape index (κ2) is 7.05. The van der Waals surface area contributed by atoms with E-state index in [2.05, 4.69) is 74.8 Å². The predicted molar refractivity (Wildman–Crippen MR) is 89.4 cm³/mol. The Morgan fingerprint density at radius 1 is 1.00 bits per heavy atom. The molecule has 2 aromatic rings. The van der Waals surface area contributed by atoms with Crippen molar-refractivity contribution in [3.63, 3.8) is 0 Å². The molecule has 2 rings (SSSR count). The molecule has 0 aliphatic carbocycles. The van der Waals surface area contributed by atoms with Crippen molar-refractivity contribution < 1.29 is 0 Å². The number of hydrogen-bond acceptors (Lipinski definition) is 2. The van der Waals surface area contributed by atoms with Crippen molar-refractivity contribution in [2.24, 2.45) is 0 Å².